The van der Waals surface area contributed by atoms with E-state index >= 15 is 0 Å². The molecule has 0 aliphatic rings. The molecule has 0 saturated carbocycles. The Bertz CT molecular complexity index is 370. The summed E-state index contributed by atoms with van der Waals surface area (Å²) in [6, 6.07) is 8.02. The predicted molar refractivity (Wildman–Crippen MR) is 76.1 cm³/mol. The molecule has 106 valence electrons. The van der Waals surface area contributed by atoms with Crippen LogP contribution in [0.25, 0.3) is 0 Å². The van der Waals surface area contributed by atoms with E-state index in [0.29, 0.717) is 6.42 Å². The van der Waals surface area contributed by atoms with Crippen LogP contribution >= 0.6 is 0 Å². The normalized spacial score (nSPS) is 12.2. The van der Waals surface area contributed by atoms with E-state index in [4.69, 9.17) is 4.74 Å². The topological polar surface area (TPSA) is 35.5 Å². The molecule has 0 N–H and O–H groups in total. The van der Waals surface area contributed by atoms with Crippen LogP contribution < -0.4 is 0 Å². The van der Waals surface area contributed by atoms with Crippen molar-refractivity contribution in [2.24, 2.45) is 0 Å². The molecular formula is C16H24O3. The molecule has 1 rings (SSSR count). The molecule has 0 saturated heterocycles. The van der Waals surface area contributed by atoms with Crippen LogP contribution in [-0.4, -0.2) is 20.2 Å². The van der Waals surface area contributed by atoms with Gasteiger partial charge in [0.15, 0.2) is 0 Å². The molecule has 0 aliphatic heterocycles. The monoisotopic (exact) mass is 264 g/mol. The minimum absolute atomic E-state index is 0.152. The van der Waals surface area contributed by atoms with Gasteiger partial charge in [0.25, 0.3) is 0 Å². The Kier molecular flexibility index (Phi) is 7.19. The SMILES string of the molecule is CCCCC[C@@H](OC)c1ccc(CC(=O)OC)cc1. The van der Waals surface area contributed by atoms with E-state index < -0.39 is 0 Å². The van der Waals surface area contributed by atoms with Crippen LogP contribution in [0.2, 0.25) is 0 Å². The van der Waals surface area contributed by atoms with Crippen molar-refractivity contribution in [2.75, 3.05) is 14.2 Å². The van der Waals surface area contributed by atoms with E-state index in [1.165, 1.54) is 31.9 Å². The largest absolute Gasteiger partial charge is 0.469 e. The van der Waals surface area contributed by atoms with Crippen LogP contribution in [0.4, 0.5) is 0 Å². The highest BCUT2D eigenvalue weighted by atomic mass is 16.5. The van der Waals surface area contributed by atoms with E-state index in [9.17, 15) is 4.79 Å². The lowest BCUT2D eigenvalue weighted by Crippen LogP contribution is -2.05. The zero-order chi connectivity index (χ0) is 14.1. The third-order valence-corrected chi connectivity index (χ3v) is 3.28. The zero-order valence-corrected chi connectivity index (χ0v) is 12.1. The van der Waals surface area contributed by atoms with Crippen molar-refractivity contribution in [3.05, 3.63) is 35.4 Å². The van der Waals surface area contributed by atoms with Crippen LogP contribution in [-0.2, 0) is 20.7 Å². The van der Waals surface area contributed by atoms with Crippen molar-refractivity contribution in [1.29, 1.82) is 0 Å². The van der Waals surface area contributed by atoms with Crippen molar-refractivity contribution in [1.82, 2.24) is 0 Å². The van der Waals surface area contributed by atoms with Crippen molar-refractivity contribution >= 4 is 5.97 Å². The van der Waals surface area contributed by atoms with Gasteiger partial charge in [-0.05, 0) is 17.5 Å². The molecule has 0 amide bonds. The number of hydrogen-bond acceptors (Lipinski definition) is 3. The molecule has 0 aromatic heterocycles. The smallest absolute Gasteiger partial charge is 0.309 e. The molecule has 0 aliphatic carbocycles. The number of carbonyl (C=O) groups is 1. The highest BCUT2D eigenvalue weighted by Crippen LogP contribution is 2.23. The molecule has 0 bridgehead atoms. The summed E-state index contributed by atoms with van der Waals surface area (Å²) in [5, 5.41) is 0. The van der Waals surface area contributed by atoms with Gasteiger partial charge in [-0.2, -0.15) is 0 Å². The van der Waals surface area contributed by atoms with Gasteiger partial charge in [0.1, 0.15) is 0 Å². The van der Waals surface area contributed by atoms with Gasteiger partial charge in [0, 0.05) is 7.11 Å². The summed E-state index contributed by atoms with van der Waals surface area (Å²) in [7, 11) is 3.16. The number of carbonyl (C=O) groups excluding carboxylic acids is 1. The summed E-state index contributed by atoms with van der Waals surface area (Å²) in [5.74, 6) is -0.209. The van der Waals surface area contributed by atoms with Gasteiger partial charge < -0.3 is 9.47 Å². The lowest BCUT2D eigenvalue weighted by molar-refractivity contribution is -0.139. The van der Waals surface area contributed by atoms with Gasteiger partial charge in [-0.3, -0.25) is 4.79 Å². The average Bonchev–Trinajstić information content (AvgIpc) is 2.45. The molecule has 0 unspecified atom stereocenters. The first-order valence-electron chi connectivity index (χ1n) is 6.89. The fraction of sp³-hybridized carbons (Fsp3) is 0.562. The Morgan fingerprint density at radius 1 is 1.16 bits per heavy atom. The third kappa shape index (κ3) is 5.43. The second kappa shape index (κ2) is 8.70. The van der Waals surface area contributed by atoms with E-state index in [-0.39, 0.29) is 12.1 Å². The van der Waals surface area contributed by atoms with E-state index in [1.807, 2.05) is 24.3 Å². The molecule has 1 atom stereocenters. The summed E-state index contributed by atoms with van der Waals surface area (Å²) >= 11 is 0. The van der Waals surface area contributed by atoms with Crippen LogP contribution in [0.15, 0.2) is 24.3 Å². The first kappa shape index (κ1) is 15.7. The second-order valence-corrected chi connectivity index (χ2v) is 4.71. The molecule has 0 fully saturated rings. The third-order valence-electron chi connectivity index (χ3n) is 3.28. The zero-order valence-electron chi connectivity index (χ0n) is 12.1. The molecule has 1 aromatic rings. The Morgan fingerprint density at radius 3 is 2.37 bits per heavy atom. The Hall–Kier alpha value is -1.35. The summed E-state index contributed by atoms with van der Waals surface area (Å²) in [4.78, 5) is 11.2. The highest BCUT2D eigenvalue weighted by molar-refractivity contribution is 5.72. The standard InChI is InChI=1S/C16H24O3/c1-4-5-6-7-15(18-2)14-10-8-13(9-11-14)12-16(17)19-3/h8-11,15H,4-7,12H2,1-3H3/t15-/m1/s1. The number of methoxy groups -OCH3 is 2. The van der Waals surface area contributed by atoms with E-state index in [0.717, 1.165) is 12.0 Å². The maximum absolute atomic E-state index is 11.2. The number of esters is 1. The first-order chi connectivity index (χ1) is 9.21. The van der Waals surface area contributed by atoms with E-state index in [1.54, 1.807) is 7.11 Å². The molecule has 0 spiro atoms. The Labute approximate surface area is 115 Å². The lowest BCUT2D eigenvalue weighted by Gasteiger charge is -2.16. The fourth-order valence-corrected chi connectivity index (χ4v) is 2.09. The summed E-state index contributed by atoms with van der Waals surface area (Å²) in [6.07, 6.45) is 5.15. The summed E-state index contributed by atoms with van der Waals surface area (Å²) in [6.45, 7) is 2.20. The molecule has 3 nitrogen and oxygen atoms in total. The number of benzene rings is 1. The number of rotatable bonds is 8. The Morgan fingerprint density at radius 2 is 1.84 bits per heavy atom. The Balaban J connectivity index is 2.59. The van der Waals surface area contributed by atoms with Gasteiger partial charge in [-0.25, -0.2) is 0 Å². The lowest BCUT2D eigenvalue weighted by atomic mass is 10.0. The molecular weight excluding hydrogens is 240 g/mol. The maximum atomic E-state index is 11.2. The van der Waals surface area contributed by atoms with Crippen molar-refractivity contribution in [2.45, 2.75) is 45.1 Å². The highest BCUT2D eigenvalue weighted by Gasteiger charge is 2.10. The molecule has 1 aromatic carbocycles. The van der Waals surface area contributed by atoms with Crippen LogP contribution in [0, 0.1) is 0 Å². The van der Waals surface area contributed by atoms with E-state index in [2.05, 4.69) is 11.7 Å². The van der Waals surface area contributed by atoms with Gasteiger partial charge >= 0.3 is 5.97 Å². The van der Waals surface area contributed by atoms with Gasteiger partial charge in [0.05, 0.1) is 19.6 Å². The van der Waals surface area contributed by atoms with Crippen molar-refractivity contribution < 1.29 is 14.3 Å². The van der Waals surface area contributed by atoms with Gasteiger partial charge in [0.2, 0.25) is 0 Å². The quantitative estimate of drug-likeness (QED) is 0.531. The number of unbranched alkanes of at least 4 members (excludes halogenated alkanes) is 2. The van der Waals surface area contributed by atoms with Crippen LogP contribution in [0.1, 0.15) is 49.8 Å². The number of ether oxygens (including phenoxy) is 2. The number of hydrogen-bond donors (Lipinski definition) is 0. The summed E-state index contributed by atoms with van der Waals surface area (Å²) < 4.78 is 10.2. The maximum Gasteiger partial charge on any atom is 0.309 e. The summed E-state index contributed by atoms with van der Waals surface area (Å²) in [5.41, 5.74) is 2.14. The van der Waals surface area contributed by atoms with Crippen LogP contribution in [0.5, 0.6) is 0 Å². The molecule has 19 heavy (non-hydrogen) atoms. The second-order valence-electron chi connectivity index (χ2n) is 4.71. The van der Waals surface area contributed by atoms with Crippen molar-refractivity contribution in [3.8, 4) is 0 Å². The minimum atomic E-state index is -0.209. The molecule has 0 radical (unpaired) electrons. The van der Waals surface area contributed by atoms with Crippen molar-refractivity contribution in [3.63, 3.8) is 0 Å². The molecule has 3 heteroatoms. The predicted octanol–water partition coefficient (Wildman–Crippen LogP) is 3.67. The van der Waals surface area contributed by atoms with Gasteiger partial charge in [-0.1, -0.05) is 50.5 Å². The van der Waals surface area contributed by atoms with Gasteiger partial charge in [-0.15, -0.1) is 0 Å². The fourth-order valence-electron chi connectivity index (χ4n) is 2.09. The molecule has 0 heterocycles. The first-order valence-corrected chi connectivity index (χ1v) is 6.89. The minimum Gasteiger partial charge on any atom is -0.469 e. The van der Waals surface area contributed by atoms with Crippen LogP contribution in [0.3, 0.4) is 0 Å². The average molecular weight is 264 g/mol.